The van der Waals surface area contributed by atoms with E-state index in [2.05, 4.69) is 4.90 Å². The second-order valence-electron chi connectivity index (χ2n) is 4.51. The molecule has 1 heterocycles. The highest BCUT2D eigenvalue weighted by Gasteiger charge is 2.22. The fraction of sp³-hybridized carbons (Fsp3) is 0.500. The lowest BCUT2D eigenvalue weighted by molar-refractivity contribution is -0.131. The van der Waals surface area contributed by atoms with Crippen LogP contribution in [-0.2, 0) is 4.79 Å². The molecule has 19 heavy (non-hydrogen) atoms. The van der Waals surface area contributed by atoms with Crippen LogP contribution < -0.4 is 9.64 Å². The molecule has 0 spiro atoms. The van der Waals surface area contributed by atoms with Crippen LogP contribution in [-0.4, -0.2) is 44.1 Å². The Morgan fingerprint density at radius 1 is 1.32 bits per heavy atom. The molecule has 0 aromatic heterocycles. The number of carbonyl (C=O) groups excluding carboxylic acids is 1. The maximum absolute atomic E-state index is 13.6. The highest BCUT2D eigenvalue weighted by atomic mass is 19.1. The number of carbonyl (C=O) groups is 1. The van der Waals surface area contributed by atoms with Crippen LogP contribution in [0.25, 0.3) is 0 Å². The van der Waals surface area contributed by atoms with E-state index in [9.17, 15) is 9.18 Å². The zero-order chi connectivity index (χ0) is 13.8. The van der Waals surface area contributed by atoms with Crippen molar-refractivity contribution in [3.8, 4) is 5.75 Å². The van der Waals surface area contributed by atoms with Gasteiger partial charge in [0.25, 0.3) is 0 Å². The quantitative estimate of drug-likeness (QED) is 0.837. The average molecular weight is 266 g/mol. The number of rotatable bonds is 3. The van der Waals surface area contributed by atoms with E-state index in [1.165, 1.54) is 13.2 Å². The number of para-hydroxylation sites is 1. The monoisotopic (exact) mass is 266 g/mol. The molecule has 1 saturated heterocycles. The molecular formula is C14H19FN2O2. The van der Waals surface area contributed by atoms with E-state index in [-0.39, 0.29) is 17.5 Å². The van der Waals surface area contributed by atoms with E-state index < -0.39 is 0 Å². The molecule has 0 saturated carbocycles. The lowest BCUT2D eigenvalue weighted by atomic mass is 10.2. The first-order valence-corrected chi connectivity index (χ1v) is 6.52. The Bertz CT molecular complexity index is 457. The van der Waals surface area contributed by atoms with Gasteiger partial charge in [-0.05, 0) is 12.1 Å². The Labute approximate surface area is 112 Å². The van der Waals surface area contributed by atoms with E-state index in [1.54, 1.807) is 6.07 Å². The molecule has 0 unspecified atom stereocenters. The average Bonchev–Trinajstić information content (AvgIpc) is 2.46. The van der Waals surface area contributed by atoms with E-state index in [1.807, 2.05) is 17.9 Å². The molecular weight excluding hydrogens is 247 g/mol. The van der Waals surface area contributed by atoms with Gasteiger partial charge < -0.3 is 14.5 Å². The Hall–Kier alpha value is -1.78. The predicted molar refractivity (Wildman–Crippen MR) is 72.0 cm³/mol. The van der Waals surface area contributed by atoms with Crippen molar-refractivity contribution in [2.75, 3.05) is 38.2 Å². The van der Waals surface area contributed by atoms with Gasteiger partial charge in [-0.3, -0.25) is 4.79 Å². The van der Waals surface area contributed by atoms with Crippen LogP contribution in [0.15, 0.2) is 18.2 Å². The summed E-state index contributed by atoms with van der Waals surface area (Å²) >= 11 is 0. The summed E-state index contributed by atoms with van der Waals surface area (Å²) < 4.78 is 18.8. The molecule has 1 aliphatic rings. The number of methoxy groups -OCH3 is 1. The summed E-state index contributed by atoms with van der Waals surface area (Å²) in [6.07, 6.45) is 0.531. The number of halogens is 1. The minimum atomic E-state index is -0.355. The molecule has 4 nitrogen and oxygen atoms in total. The zero-order valence-corrected chi connectivity index (χ0v) is 11.4. The third-order valence-corrected chi connectivity index (χ3v) is 3.43. The van der Waals surface area contributed by atoms with Crippen LogP contribution >= 0.6 is 0 Å². The van der Waals surface area contributed by atoms with Crippen molar-refractivity contribution >= 4 is 11.6 Å². The normalized spacial score (nSPS) is 15.5. The second kappa shape index (κ2) is 5.91. The van der Waals surface area contributed by atoms with Crippen LogP contribution in [0.1, 0.15) is 13.3 Å². The summed E-state index contributed by atoms with van der Waals surface area (Å²) in [4.78, 5) is 15.5. The third kappa shape index (κ3) is 2.80. The molecule has 2 rings (SSSR count). The minimum Gasteiger partial charge on any atom is -0.492 e. The lowest BCUT2D eigenvalue weighted by Crippen LogP contribution is -2.48. The SMILES string of the molecule is CCC(=O)N1CCN(c2cccc(F)c2OC)CC1. The van der Waals surface area contributed by atoms with E-state index in [0.29, 0.717) is 32.6 Å². The molecule has 1 amide bonds. The van der Waals surface area contributed by atoms with Gasteiger partial charge in [-0.1, -0.05) is 13.0 Å². The van der Waals surface area contributed by atoms with Crippen molar-refractivity contribution in [2.24, 2.45) is 0 Å². The third-order valence-electron chi connectivity index (χ3n) is 3.43. The molecule has 0 bridgehead atoms. The molecule has 1 aliphatic heterocycles. The highest BCUT2D eigenvalue weighted by molar-refractivity contribution is 5.76. The molecule has 1 aromatic carbocycles. The summed E-state index contributed by atoms with van der Waals surface area (Å²) in [7, 11) is 1.47. The van der Waals surface area contributed by atoms with E-state index >= 15 is 0 Å². The summed E-state index contributed by atoms with van der Waals surface area (Å²) in [5.41, 5.74) is 0.756. The van der Waals surface area contributed by atoms with Gasteiger partial charge in [0, 0.05) is 32.6 Å². The molecule has 0 N–H and O–H groups in total. The second-order valence-corrected chi connectivity index (χ2v) is 4.51. The first kappa shape index (κ1) is 13.6. The van der Waals surface area contributed by atoms with Crippen LogP contribution in [0, 0.1) is 5.82 Å². The number of anilines is 1. The Morgan fingerprint density at radius 3 is 2.58 bits per heavy atom. The van der Waals surface area contributed by atoms with Crippen molar-refractivity contribution in [2.45, 2.75) is 13.3 Å². The molecule has 0 aliphatic carbocycles. The van der Waals surface area contributed by atoms with Crippen molar-refractivity contribution in [3.05, 3.63) is 24.0 Å². The van der Waals surface area contributed by atoms with Gasteiger partial charge in [-0.25, -0.2) is 4.39 Å². The molecule has 0 atom stereocenters. The summed E-state index contributed by atoms with van der Waals surface area (Å²) in [5.74, 6) is 0.0932. The van der Waals surface area contributed by atoms with Gasteiger partial charge >= 0.3 is 0 Å². The fourth-order valence-corrected chi connectivity index (χ4v) is 2.37. The Kier molecular flexibility index (Phi) is 4.24. The Balaban J connectivity index is 2.10. The summed E-state index contributed by atoms with van der Waals surface area (Å²) in [5, 5.41) is 0. The largest absolute Gasteiger partial charge is 0.492 e. The number of amides is 1. The number of ether oxygens (including phenoxy) is 1. The van der Waals surface area contributed by atoms with Gasteiger partial charge in [-0.2, -0.15) is 0 Å². The zero-order valence-electron chi connectivity index (χ0n) is 11.4. The number of hydrogen-bond acceptors (Lipinski definition) is 3. The predicted octanol–water partition coefficient (Wildman–Crippen LogP) is 1.89. The van der Waals surface area contributed by atoms with Crippen LogP contribution in [0.3, 0.4) is 0 Å². The standard InChI is InChI=1S/C14H19FN2O2/c1-3-13(18)17-9-7-16(8-10-17)12-6-4-5-11(15)14(12)19-2/h4-6H,3,7-10H2,1-2H3. The first-order valence-electron chi connectivity index (χ1n) is 6.52. The van der Waals surface area contributed by atoms with Crippen LogP contribution in [0.2, 0.25) is 0 Å². The number of benzene rings is 1. The van der Waals surface area contributed by atoms with Gasteiger partial charge in [0.2, 0.25) is 5.91 Å². The highest BCUT2D eigenvalue weighted by Crippen LogP contribution is 2.31. The van der Waals surface area contributed by atoms with Gasteiger partial charge in [0.05, 0.1) is 12.8 Å². The smallest absolute Gasteiger partial charge is 0.222 e. The van der Waals surface area contributed by atoms with Gasteiger partial charge in [-0.15, -0.1) is 0 Å². The van der Waals surface area contributed by atoms with Crippen molar-refractivity contribution in [1.29, 1.82) is 0 Å². The molecule has 1 aromatic rings. The minimum absolute atomic E-state index is 0.172. The van der Waals surface area contributed by atoms with Gasteiger partial charge in [0.15, 0.2) is 11.6 Å². The molecule has 1 fully saturated rings. The summed E-state index contributed by atoms with van der Waals surface area (Å²) in [6, 6.07) is 4.91. The molecule has 104 valence electrons. The lowest BCUT2D eigenvalue weighted by Gasteiger charge is -2.36. The fourth-order valence-electron chi connectivity index (χ4n) is 2.37. The van der Waals surface area contributed by atoms with Crippen molar-refractivity contribution in [3.63, 3.8) is 0 Å². The topological polar surface area (TPSA) is 32.8 Å². The number of hydrogen-bond donors (Lipinski definition) is 0. The van der Waals surface area contributed by atoms with Gasteiger partial charge in [0.1, 0.15) is 0 Å². The first-order chi connectivity index (χ1) is 9.17. The van der Waals surface area contributed by atoms with E-state index in [4.69, 9.17) is 4.74 Å². The van der Waals surface area contributed by atoms with Crippen LogP contribution in [0.4, 0.5) is 10.1 Å². The maximum Gasteiger partial charge on any atom is 0.222 e. The number of nitrogens with zero attached hydrogens (tertiary/aromatic N) is 2. The van der Waals surface area contributed by atoms with Crippen LogP contribution in [0.5, 0.6) is 5.75 Å². The summed E-state index contributed by atoms with van der Waals surface area (Å²) in [6.45, 7) is 4.61. The van der Waals surface area contributed by atoms with Crippen molar-refractivity contribution < 1.29 is 13.9 Å². The maximum atomic E-state index is 13.6. The molecule has 0 radical (unpaired) electrons. The van der Waals surface area contributed by atoms with E-state index in [0.717, 1.165) is 5.69 Å². The Morgan fingerprint density at radius 2 is 2.00 bits per heavy atom. The van der Waals surface area contributed by atoms with Crippen molar-refractivity contribution in [1.82, 2.24) is 4.90 Å². The number of piperazine rings is 1. The molecule has 5 heteroatoms.